The molecule has 0 bridgehead atoms. The van der Waals surface area contributed by atoms with Gasteiger partial charge in [0.15, 0.2) is 6.10 Å². The van der Waals surface area contributed by atoms with Crippen molar-refractivity contribution in [2.75, 3.05) is 10.0 Å². The highest BCUT2D eigenvalue weighted by molar-refractivity contribution is 9.11. The first kappa shape index (κ1) is 24.5. The summed E-state index contributed by atoms with van der Waals surface area (Å²) in [7, 11) is -3.92. The Bertz CT molecular complexity index is 1280. The monoisotopic (exact) mass is 576 g/mol. The van der Waals surface area contributed by atoms with Crippen molar-refractivity contribution in [3.63, 3.8) is 0 Å². The third kappa shape index (κ3) is 5.81. The van der Waals surface area contributed by atoms with Crippen LogP contribution in [0.5, 0.6) is 0 Å². The van der Waals surface area contributed by atoms with Crippen molar-refractivity contribution in [2.45, 2.75) is 17.2 Å². The van der Waals surface area contributed by atoms with Crippen LogP contribution in [0.25, 0.3) is 0 Å². The third-order valence-electron chi connectivity index (χ3n) is 4.07. The van der Waals surface area contributed by atoms with Crippen LogP contribution >= 0.6 is 50.5 Å². The first-order valence-corrected chi connectivity index (χ1v) is 12.8. The van der Waals surface area contributed by atoms with E-state index in [4.69, 9.17) is 27.9 Å². The summed E-state index contributed by atoms with van der Waals surface area (Å²) in [6, 6.07) is 13.7. The number of amides is 1. The lowest BCUT2D eigenvalue weighted by molar-refractivity contribution is -0.123. The highest BCUT2D eigenvalue weighted by Crippen LogP contribution is 2.30. The fourth-order valence-electron chi connectivity index (χ4n) is 2.50. The molecule has 0 aliphatic heterocycles. The molecule has 0 saturated carbocycles. The van der Waals surface area contributed by atoms with Crippen molar-refractivity contribution in [1.29, 1.82) is 0 Å². The normalized spacial score (nSPS) is 12.1. The van der Waals surface area contributed by atoms with Crippen molar-refractivity contribution in [3.8, 4) is 0 Å². The molecular formula is C20H15BrCl2N2O5S2. The predicted octanol–water partition coefficient (Wildman–Crippen LogP) is 5.80. The number of halogens is 3. The van der Waals surface area contributed by atoms with Crippen molar-refractivity contribution < 1.29 is 22.7 Å². The Morgan fingerprint density at radius 1 is 1.03 bits per heavy atom. The van der Waals surface area contributed by atoms with Crippen LogP contribution in [0.1, 0.15) is 17.3 Å². The molecule has 2 aromatic carbocycles. The van der Waals surface area contributed by atoms with Crippen molar-refractivity contribution >= 4 is 83.7 Å². The van der Waals surface area contributed by atoms with Gasteiger partial charge in [-0.15, -0.1) is 11.3 Å². The molecular weight excluding hydrogens is 563 g/mol. The van der Waals surface area contributed by atoms with Gasteiger partial charge in [0.2, 0.25) is 0 Å². The van der Waals surface area contributed by atoms with Crippen LogP contribution in [0.3, 0.4) is 0 Å². The topological polar surface area (TPSA) is 102 Å². The molecule has 1 amide bonds. The first-order valence-electron chi connectivity index (χ1n) is 8.91. The van der Waals surface area contributed by atoms with Crippen LogP contribution < -0.4 is 10.0 Å². The predicted molar refractivity (Wildman–Crippen MR) is 129 cm³/mol. The number of ether oxygens (including phenoxy) is 1. The molecule has 2 N–H and O–H groups in total. The molecule has 0 saturated heterocycles. The van der Waals surface area contributed by atoms with E-state index in [1.807, 2.05) is 0 Å². The highest BCUT2D eigenvalue weighted by atomic mass is 79.9. The fourth-order valence-corrected chi connectivity index (χ4v) is 5.94. The van der Waals surface area contributed by atoms with Crippen LogP contribution in [-0.4, -0.2) is 26.4 Å². The zero-order valence-corrected chi connectivity index (χ0v) is 21.0. The second kappa shape index (κ2) is 10.2. The molecule has 1 heterocycles. The number of rotatable bonds is 7. The Labute approximate surface area is 206 Å². The maximum Gasteiger partial charge on any atom is 0.341 e. The number of anilines is 2. The number of benzene rings is 2. The van der Waals surface area contributed by atoms with Gasteiger partial charge in [0.05, 0.1) is 30.8 Å². The number of sulfonamides is 1. The van der Waals surface area contributed by atoms with Crippen molar-refractivity contribution in [3.05, 3.63) is 74.0 Å². The van der Waals surface area contributed by atoms with Gasteiger partial charge in [0, 0.05) is 0 Å². The van der Waals surface area contributed by atoms with E-state index < -0.39 is 28.0 Å². The minimum atomic E-state index is -3.92. The van der Waals surface area contributed by atoms with Gasteiger partial charge < -0.3 is 10.1 Å². The van der Waals surface area contributed by atoms with Gasteiger partial charge >= 0.3 is 5.97 Å². The van der Waals surface area contributed by atoms with E-state index in [9.17, 15) is 18.0 Å². The lowest BCUT2D eigenvalue weighted by atomic mass is 10.2. The molecule has 12 heteroatoms. The Kier molecular flexibility index (Phi) is 7.84. The van der Waals surface area contributed by atoms with Gasteiger partial charge in [0.25, 0.3) is 15.9 Å². The molecule has 0 spiro atoms. The Morgan fingerprint density at radius 3 is 2.41 bits per heavy atom. The lowest BCUT2D eigenvalue weighted by Crippen LogP contribution is -2.30. The minimum absolute atomic E-state index is 0.0208. The largest absolute Gasteiger partial charge is 0.449 e. The molecule has 1 atom stereocenters. The molecule has 0 fully saturated rings. The van der Waals surface area contributed by atoms with Gasteiger partial charge in [-0.2, -0.15) is 0 Å². The van der Waals surface area contributed by atoms with E-state index in [2.05, 4.69) is 26.0 Å². The fraction of sp³-hybridized carbons (Fsp3) is 0.100. The average Bonchev–Trinajstić information content (AvgIpc) is 3.18. The van der Waals surface area contributed by atoms with Gasteiger partial charge in [-0.1, -0.05) is 41.4 Å². The summed E-state index contributed by atoms with van der Waals surface area (Å²) in [6.07, 6.45) is -1.20. The summed E-state index contributed by atoms with van der Waals surface area (Å²) in [5.74, 6) is -1.51. The van der Waals surface area contributed by atoms with Gasteiger partial charge in [-0.25, -0.2) is 13.2 Å². The number of para-hydroxylation sites is 1. The molecule has 0 aliphatic rings. The number of hydrogen-bond acceptors (Lipinski definition) is 6. The zero-order valence-electron chi connectivity index (χ0n) is 16.3. The third-order valence-corrected chi connectivity index (χ3v) is 8.37. The lowest BCUT2D eigenvalue weighted by Gasteiger charge is -2.16. The summed E-state index contributed by atoms with van der Waals surface area (Å²) < 4.78 is 33.6. The first-order chi connectivity index (χ1) is 15.1. The Balaban J connectivity index is 1.74. The molecule has 3 aromatic rings. The standard InChI is InChI=1S/C20H15BrCl2N2O5S2/c1-11(19(26)24-15-8-4-6-13(22)18(15)23)30-20(27)12-5-2-3-7-14(12)25-32(28,29)17-10-9-16(21)31-17/h2-11,25H,1H3,(H,24,26). The maximum absolute atomic E-state index is 12.7. The van der Waals surface area contributed by atoms with Crippen LogP contribution in [-0.2, 0) is 19.6 Å². The summed E-state index contributed by atoms with van der Waals surface area (Å²) in [5, 5.41) is 2.95. The summed E-state index contributed by atoms with van der Waals surface area (Å²) in [4.78, 5) is 25.1. The molecule has 7 nitrogen and oxygen atoms in total. The van der Waals surface area contributed by atoms with E-state index >= 15 is 0 Å². The van der Waals surface area contributed by atoms with Gasteiger partial charge in [0.1, 0.15) is 4.21 Å². The van der Waals surface area contributed by atoms with Gasteiger partial charge in [-0.05, 0) is 59.3 Å². The molecule has 3 rings (SSSR count). The van der Waals surface area contributed by atoms with Crippen LogP contribution in [0, 0.1) is 0 Å². The van der Waals surface area contributed by atoms with Crippen molar-refractivity contribution in [1.82, 2.24) is 0 Å². The molecule has 1 aromatic heterocycles. The Hall–Kier alpha value is -2.11. The molecule has 0 radical (unpaired) electrons. The second-order valence-electron chi connectivity index (χ2n) is 6.35. The van der Waals surface area contributed by atoms with Crippen molar-refractivity contribution in [2.24, 2.45) is 0 Å². The summed E-state index contributed by atoms with van der Waals surface area (Å²) in [5.41, 5.74) is 0.238. The van der Waals surface area contributed by atoms with E-state index in [1.165, 1.54) is 25.1 Å². The SMILES string of the molecule is CC(OC(=O)c1ccccc1NS(=O)(=O)c1ccc(Br)s1)C(=O)Nc1cccc(Cl)c1Cl. The second-order valence-corrected chi connectivity index (χ2v) is 11.5. The number of carbonyl (C=O) groups is 2. The minimum Gasteiger partial charge on any atom is -0.449 e. The molecule has 32 heavy (non-hydrogen) atoms. The molecule has 0 aliphatic carbocycles. The van der Waals surface area contributed by atoms with E-state index in [1.54, 1.807) is 36.4 Å². The van der Waals surface area contributed by atoms with E-state index in [0.29, 0.717) is 3.79 Å². The van der Waals surface area contributed by atoms with Crippen LogP contribution in [0.15, 0.2) is 62.6 Å². The molecule has 1 unspecified atom stereocenters. The number of esters is 1. The number of thiophene rings is 1. The van der Waals surface area contributed by atoms with Crippen LogP contribution in [0.2, 0.25) is 10.0 Å². The number of carbonyl (C=O) groups excluding carboxylic acids is 2. The smallest absolute Gasteiger partial charge is 0.341 e. The Morgan fingerprint density at radius 2 is 1.72 bits per heavy atom. The van der Waals surface area contributed by atoms with E-state index in [-0.39, 0.29) is 31.2 Å². The van der Waals surface area contributed by atoms with Gasteiger partial charge in [-0.3, -0.25) is 9.52 Å². The zero-order chi connectivity index (χ0) is 23.5. The van der Waals surface area contributed by atoms with Crippen LogP contribution in [0.4, 0.5) is 11.4 Å². The van der Waals surface area contributed by atoms with E-state index in [0.717, 1.165) is 11.3 Å². The maximum atomic E-state index is 12.7. The average molecular weight is 578 g/mol. The quantitative estimate of drug-likeness (QED) is 0.345. The highest BCUT2D eigenvalue weighted by Gasteiger charge is 2.24. The summed E-state index contributed by atoms with van der Waals surface area (Å²) in [6.45, 7) is 1.38. The molecule has 168 valence electrons. The number of nitrogens with one attached hydrogen (secondary N) is 2. The number of hydrogen-bond donors (Lipinski definition) is 2. The summed E-state index contributed by atoms with van der Waals surface area (Å²) >= 11 is 16.2.